The molecule has 2 aromatic carbocycles. The van der Waals surface area contributed by atoms with Gasteiger partial charge in [0.2, 0.25) is 0 Å². The average molecular weight is 392 g/mol. The standard InChI is InChI=1S/C18H18BrNO4/c1-2-11-23-18(22)15-5-3-4-6-16(15)24-12-17(21)20-14-9-7-13(19)8-10-14/h3-10H,2,11-12H2,1H3,(H,20,21). The van der Waals surface area contributed by atoms with Crippen LogP contribution in [0.4, 0.5) is 5.69 Å². The predicted octanol–water partition coefficient (Wildman–Crippen LogP) is 4.03. The second kappa shape index (κ2) is 9.08. The number of rotatable bonds is 7. The van der Waals surface area contributed by atoms with Gasteiger partial charge < -0.3 is 14.8 Å². The molecule has 126 valence electrons. The van der Waals surface area contributed by atoms with Crippen LogP contribution in [0, 0.1) is 0 Å². The zero-order chi connectivity index (χ0) is 17.4. The molecule has 5 nitrogen and oxygen atoms in total. The number of para-hydroxylation sites is 1. The Morgan fingerprint density at radius 3 is 2.50 bits per heavy atom. The molecule has 0 atom stereocenters. The van der Waals surface area contributed by atoms with E-state index in [0.29, 0.717) is 23.6 Å². The topological polar surface area (TPSA) is 64.6 Å². The van der Waals surface area contributed by atoms with Crippen molar-refractivity contribution in [3.8, 4) is 5.75 Å². The van der Waals surface area contributed by atoms with E-state index in [1.54, 1.807) is 36.4 Å². The van der Waals surface area contributed by atoms with Crippen molar-refractivity contribution < 1.29 is 19.1 Å². The van der Waals surface area contributed by atoms with E-state index in [2.05, 4.69) is 21.2 Å². The van der Waals surface area contributed by atoms with E-state index in [-0.39, 0.29) is 12.5 Å². The van der Waals surface area contributed by atoms with Gasteiger partial charge in [0, 0.05) is 10.2 Å². The summed E-state index contributed by atoms with van der Waals surface area (Å²) in [6.07, 6.45) is 0.740. The van der Waals surface area contributed by atoms with Gasteiger partial charge in [0.05, 0.1) is 6.61 Å². The highest BCUT2D eigenvalue weighted by Crippen LogP contribution is 2.19. The first-order valence-electron chi connectivity index (χ1n) is 7.54. The summed E-state index contributed by atoms with van der Waals surface area (Å²) in [4.78, 5) is 23.9. The second-order valence-corrected chi connectivity index (χ2v) is 5.89. The van der Waals surface area contributed by atoms with Crippen LogP contribution in [0.15, 0.2) is 53.0 Å². The Balaban J connectivity index is 1.95. The van der Waals surface area contributed by atoms with E-state index in [4.69, 9.17) is 9.47 Å². The number of halogens is 1. The minimum Gasteiger partial charge on any atom is -0.483 e. The lowest BCUT2D eigenvalue weighted by atomic mass is 10.2. The van der Waals surface area contributed by atoms with E-state index in [0.717, 1.165) is 10.9 Å². The fraction of sp³-hybridized carbons (Fsp3) is 0.222. The van der Waals surface area contributed by atoms with Gasteiger partial charge in [0.25, 0.3) is 5.91 Å². The monoisotopic (exact) mass is 391 g/mol. The fourth-order valence-electron chi connectivity index (χ4n) is 1.91. The Kier molecular flexibility index (Phi) is 6.81. The third kappa shape index (κ3) is 5.38. The SMILES string of the molecule is CCCOC(=O)c1ccccc1OCC(=O)Nc1ccc(Br)cc1. The highest BCUT2D eigenvalue weighted by atomic mass is 79.9. The highest BCUT2D eigenvalue weighted by Gasteiger charge is 2.14. The van der Waals surface area contributed by atoms with Crippen molar-refractivity contribution >= 4 is 33.5 Å². The third-order valence-corrected chi connectivity index (χ3v) is 3.56. The van der Waals surface area contributed by atoms with Crippen molar-refractivity contribution in [2.75, 3.05) is 18.5 Å². The molecule has 1 N–H and O–H groups in total. The number of carbonyl (C=O) groups is 2. The van der Waals surface area contributed by atoms with Gasteiger partial charge in [-0.05, 0) is 42.8 Å². The van der Waals surface area contributed by atoms with Crippen LogP contribution in [0.1, 0.15) is 23.7 Å². The predicted molar refractivity (Wildman–Crippen MR) is 95.3 cm³/mol. The molecule has 0 heterocycles. The maximum absolute atomic E-state index is 12.0. The lowest BCUT2D eigenvalue weighted by Crippen LogP contribution is -2.21. The van der Waals surface area contributed by atoms with Gasteiger partial charge in [0.1, 0.15) is 11.3 Å². The molecule has 0 fully saturated rings. The second-order valence-electron chi connectivity index (χ2n) is 4.98. The minimum absolute atomic E-state index is 0.200. The summed E-state index contributed by atoms with van der Waals surface area (Å²) in [6, 6.07) is 13.9. The highest BCUT2D eigenvalue weighted by molar-refractivity contribution is 9.10. The Morgan fingerprint density at radius 2 is 1.79 bits per heavy atom. The third-order valence-electron chi connectivity index (χ3n) is 3.03. The number of esters is 1. The molecule has 0 aliphatic heterocycles. The first-order valence-corrected chi connectivity index (χ1v) is 8.34. The van der Waals surface area contributed by atoms with Crippen molar-refractivity contribution in [1.29, 1.82) is 0 Å². The lowest BCUT2D eigenvalue weighted by Gasteiger charge is -2.11. The fourth-order valence-corrected chi connectivity index (χ4v) is 2.17. The van der Waals surface area contributed by atoms with Crippen LogP contribution in [0.2, 0.25) is 0 Å². The number of carbonyl (C=O) groups excluding carboxylic acids is 2. The average Bonchev–Trinajstić information content (AvgIpc) is 2.60. The molecule has 2 rings (SSSR count). The van der Waals surface area contributed by atoms with Crippen LogP contribution < -0.4 is 10.1 Å². The summed E-state index contributed by atoms with van der Waals surface area (Å²) in [5.41, 5.74) is 0.977. The van der Waals surface area contributed by atoms with Crippen LogP contribution in [-0.4, -0.2) is 25.1 Å². The summed E-state index contributed by atoms with van der Waals surface area (Å²) < 4.78 is 11.5. The molecule has 0 unspecified atom stereocenters. The summed E-state index contributed by atoms with van der Waals surface area (Å²) in [5, 5.41) is 2.72. The molecular weight excluding hydrogens is 374 g/mol. The van der Waals surface area contributed by atoms with Crippen LogP contribution in [-0.2, 0) is 9.53 Å². The molecule has 1 amide bonds. The zero-order valence-electron chi connectivity index (χ0n) is 13.3. The van der Waals surface area contributed by atoms with Gasteiger partial charge in [-0.1, -0.05) is 35.0 Å². The summed E-state index contributed by atoms with van der Waals surface area (Å²) in [6.45, 7) is 2.06. The molecule has 0 spiro atoms. The van der Waals surface area contributed by atoms with Gasteiger partial charge in [-0.25, -0.2) is 4.79 Å². The molecule has 24 heavy (non-hydrogen) atoms. The number of anilines is 1. The molecule has 0 aromatic heterocycles. The maximum Gasteiger partial charge on any atom is 0.341 e. The number of hydrogen-bond donors (Lipinski definition) is 1. The van der Waals surface area contributed by atoms with E-state index in [9.17, 15) is 9.59 Å². The van der Waals surface area contributed by atoms with Crippen molar-refractivity contribution in [3.05, 3.63) is 58.6 Å². The van der Waals surface area contributed by atoms with Gasteiger partial charge in [-0.15, -0.1) is 0 Å². The molecule has 0 saturated carbocycles. The molecule has 6 heteroatoms. The van der Waals surface area contributed by atoms with Crippen LogP contribution >= 0.6 is 15.9 Å². The van der Waals surface area contributed by atoms with Gasteiger partial charge in [-0.2, -0.15) is 0 Å². The molecule has 2 aromatic rings. The minimum atomic E-state index is -0.458. The van der Waals surface area contributed by atoms with E-state index >= 15 is 0 Å². The number of nitrogens with one attached hydrogen (secondary N) is 1. The molecule has 0 aliphatic rings. The lowest BCUT2D eigenvalue weighted by molar-refractivity contribution is -0.118. The summed E-state index contributed by atoms with van der Waals surface area (Å²) >= 11 is 3.33. The first-order chi connectivity index (χ1) is 11.6. The number of benzene rings is 2. The molecule has 0 saturated heterocycles. The van der Waals surface area contributed by atoms with Gasteiger partial charge in [-0.3, -0.25) is 4.79 Å². The largest absolute Gasteiger partial charge is 0.483 e. The quantitative estimate of drug-likeness (QED) is 0.723. The van der Waals surface area contributed by atoms with Crippen molar-refractivity contribution in [2.24, 2.45) is 0 Å². The zero-order valence-corrected chi connectivity index (χ0v) is 14.8. The Morgan fingerprint density at radius 1 is 1.08 bits per heavy atom. The molecular formula is C18H18BrNO4. The normalized spacial score (nSPS) is 10.1. The Hall–Kier alpha value is -2.34. The van der Waals surface area contributed by atoms with Crippen LogP contribution in [0.25, 0.3) is 0 Å². The smallest absolute Gasteiger partial charge is 0.341 e. The maximum atomic E-state index is 12.0. The summed E-state index contributed by atoms with van der Waals surface area (Å²) in [5.74, 6) is -0.445. The molecule has 0 aliphatic carbocycles. The van der Waals surface area contributed by atoms with Crippen LogP contribution in [0.3, 0.4) is 0 Å². The van der Waals surface area contributed by atoms with E-state index in [1.807, 2.05) is 19.1 Å². The van der Waals surface area contributed by atoms with Crippen molar-refractivity contribution in [3.63, 3.8) is 0 Å². The Labute approximate surface area is 149 Å². The van der Waals surface area contributed by atoms with Crippen LogP contribution in [0.5, 0.6) is 5.75 Å². The van der Waals surface area contributed by atoms with Crippen molar-refractivity contribution in [1.82, 2.24) is 0 Å². The van der Waals surface area contributed by atoms with Gasteiger partial charge in [0.15, 0.2) is 6.61 Å². The molecule has 0 radical (unpaired) electrons. The number of ether oxygens (including phenoxy) is 2. The molecule has 0 bridgehead atoms. The van der Waals surface area contributed by atoms with Crippen molar-refractivity contribution in [2.45, 2.75) is 13.3 Å². The number of amides is 1. The first kappa shape index (κ1) is 18.0. The van der Waals surface area contributed by atoms with E-state index in [1.165, 1.54) is 0 Å². The Bertz CT molecular complexity index is 700. The number of hydrogen-bond acceptors (Lipinski definition) is 4. The summed E-state index contributed by atoms with van der Waals surface area (Å²) in [7, 11) is 0. The van der Waals surface area contributed by atoms with E-state index < -0.39 is 5.97 Å². The van der Waals surface area contributed by atoms with Gasteiger partial charge >= 0.3 is 5.97 Å².